The van der Waals surface area contributed by atoms with Crippen molar-refractivity contribution in [1.82, 2.24) is 4.90 Å². The van der Waals surface area contributed by atoms with Crippen molar-refractivity contribution in [2.75, 3.05) is 7.05 Å². The molecule has 3 heteroatoms. The van der Waals surface area contributed by atoms with Gasteiger partial charge < -0.3 is 10.6 Å². The zero-order chi connectivity index (χ0) is 13.1. The Hall–Kier alpha value is -1.35. The number of hydrogen-bond acceptors (Lipinski definition) is 2. The molecule has 1 aliphatic rings. The summed E-state index contributed by atoms with van der Waals surface area (Å²) in [7, 11) is 1.88. The first-order valence-electron chi connectivity index (χ1n) is 6.68. The van der Waals surface area contributed by atoms with Crippen LogP contribution < -0.4 is 5.73 Å². The van der Waals surface area contributed by atoms with E-state index in [1.807, 2.05) is 30.1 Å². The van der Waals surface area contributed by atoms with Crippen LogP contribution >= 0.6 is 0 Å². The molecule has 2 N–H and O–H groups in total. The largest absolute Gasteiger partial charge is 0.339 e. The van der Waals surface area contributed by atoms with Gasteiger partial charge in [-0.3, -0.25) is 4.79 Å². The van der Waals surface area contributed by atoms with E-state index in [2.05, 4.69) is 19.1 Å². The highest BCUT2D eigenvalue weighted by molar-refractivity contribution is 5.80. The molecule has 0 heterocycles. The van der Waals surface area contributed by atoms with Gasteiger partial charge in [-0.1, -0.05) is 36.8 Å². The molecular formula is C15H22N2O. The molecule has 3 nitrogen and oxygen atoms in total. The minimum Gasteiger partial charge on any atom is -0.339 e. The van der Waals surface area contributed by atoms with Crippen LogP contribution in [0.3, 0.4) is 0 Å². The van der Waals surface area contributed by atoms with Crippen LogP contribution in [0.1, 0.15) is 37.8 Å². The Labute approximate surface area is 109 Å². The first-order valence-corrected chi connectivity index (χ1v) is 6.68. The summed E-state index contributed by atoms with van der Waals surface area (Å²) in [6.07, 6.45) is 2.99. The molecule has 2 rings (SSSR count). The van der Waals surface area contributed by atoms with Crippen LogP contribution in [0.5, 0.6) is 0 Å². The third kappa shape index (κ3) is 2.56. The third-order valence-corrected chi connectivity index (χ3v) is 4.10. The second-order valence-corrected chi connectivity index (χ2v) is 5.24. The second kappa shape index (κ2) is 5.53. The van der Waals surface area contributed by atoms with E-state index in [-0.39, 0.29) is 23.9 Å². The molecule has 1 aromatic carbocycles. The molecule has 0 aromatic heterocycles. The van der Waals surface area contributed by atoms with Gasteiger partial charge in [-0.15, -0.1) is 0 Å². The number of amides is 1. The number of hydrogen-bond donors (Lipinski definition) is 1. The summed E-state index contributed by atoms with van der Waals surface area (Å²) in [6.45, 7) is 2.06. The van der Waals surface area contributed by atoms with Crippen LogP contribution in [0.15, 0.2) is 30.3 Å². The minimum absolute atomic E-state index is 0.0150. The van der Waals surface area contributed by atoms with Crippen molar-refractivity contribution in [3.8, 4) is 0 Å². The van der Waals surface area contributed by atoms with E-state index < -0.39 is 0 Å². The van der Waals surface area contributed by atoms with Crippen LogP contribution in [0, 0.1) is 5.92 Å². The molecule has 0 radical (unpaired) electrons. The highest BCUT2D eigenvalue weighted by Gasteiger charge is 2.33. The Morgan fingerprint density at radius 3 is 2.56 bits per heavy atom. The molecule has 98 valence electrons. The molecule has 0 aliphatic heterocycles. The van der Waals surface area contributed by atoms with E-state index in [1.165, 1.54) is 5.56 Å². The molecule has 3 unspecified atom stereocenters. The van der Waals surface area contributed by atoms with E-state index in [4.69, 9.17) is 5.73 Å². The first-order chi connectivity index (χ1) is 8.61. The number of rotatable bonds is 3. The van der Waals surface area contributed by atoms with Crippen molar-refractivity contribution < 1.29 is 4.79 Å². The Kier molecular flexibility index (Phi) is 4.02. The summed E-state index contributed by atoms with van der Waals surface area (Å²) in [6, 6.07) is 10.3. The van der Waals surface area contributed by atoms with E-state index in [0.717, 1.165) is 19.3 Å². The highest BCUT2D eigenvalue weighted by Crippen LogP contribution is 2.28. The number of nitrogens with zero attached hydrogens (tertiary/aromatic N) is 1. The number of carbonyl (C=O) groups excluding carboxylic acids is 1. The Morgan fingerprint density at radius 2 is 2.00 bits per heavy atom. The molecule has 1 amide bonds. The van der Waals surface area contributed by atoms with E-state index >= 15 is 0 Å². The normalized spacial score (nSPS) is 24.8. The van der Waals surface area contributed by atoms with Gasteiger partial charge in [0.2, 0.25) is 5.91 Å². The van der Waals surface area contributed by atoms with Crippen LogP contribution in [0.2, 0.25) is 0 Å². The lowest BCUT2D eigenvalue weighted by Gasteiger charge is -2.29. The van der Waals surface area contributed by atoms with Gasteiger partial charge in [0.15, 0.2) is 0 Å². The summed E-state index contributed by atoms with van der Waals surface area (Å²) in [5.41, 5.74) is 7.18. The lowest BCUT2D eigenvalue weighted by atomic mass is 10.0. The van der Waals surface area contributed by atoms with Crippen molar-refractivity contribution in [2.45, 2.75) is 38.3 Å². The molecule has 0 bridgehead atoms. The molecule has 1 fully saturated rings. The van der Waals surface area contributed by atoms with Gasteiger partial charge in [0.25, 0.3) is 0 Å². The zero-order valence-corrected chi connectivity index (χ0v) is 11.2. The fourth-order valence-electron chi connectivity index (χ4n) is 2.70. The molecule has 0 saturated heterocycles. The molecule has 1 saturated carbocycles. The Bertz CT molecular complexity index is 404. The molecular weight excluding hydrogens is 224 g/mol. The second-order valence-electron chi connectivity index (χ2n) is 5.24. The number of nitrogens with two attached hydrogens (primary N) is 1. The van der Waals surface area contributed by atoms with Gasteiger partial charge in [-0.25, -0.2) is 0 Å². The van der Waals surface area contributed by atoms with Gasteiger partial charge >= 0.3 is 0 Å². The average molecular weight is 246 g/mol. The monoisotopic (exact) mass is 246 g/mol. The Balaban J connectivity index is 2.07. The van der Waals surface area contributed by atoms with Gasteiger partial charge in [-0.2, -0.15) is 0 Å². The number of carbonyl (C=O) groups is 1. The van der Waals surface area contributed by atoms with E-state index in [9.17, 15) is 4.79 Å². The molecule has 1 aromatic rings. The van der Waals surface area contributed by atoms with Crippen molar-refractivity contribution in [1.29, 1.82) is 0 Å². The molecule has 1 aliphatic carbocycles. The Morgan fingerprint density at radius 1 is 1.33 bits per heavy atom. The van der Waals surface area contributed by atoms with Crippen LogP contribution in [-0.4, -0.2) is 23.9 Å². The zero-order valence-electron chi connectivity index (χ0n) is 11.2. The van der Waals surface area contributed by atoms with Crippen LogP contribution in [0.4, 0.5) is 0 Å². The lowest BCUT2D eigenvalue weighted by Crippen LogP contribution is -2.40. The standard InChI is InChI=1S/C15H22N2O/c1-11(12-7-4-3-5-8-12)17(2)15(18)13-9-6-10-14(13)16/h3-5,7-8,11,13-14H,6,9-10,16H2,1-2H3. The minimum atomic E-state index is 0.0150. The van der Waals surface area contributed by atoms with Crippen molar-refractivity contribution in [3.63, 3.8) is 0 Å². The smallest absolute Gasteiger partial charge is 0.227 e. The summed E-state index contributed by atoms with van der Waals surface area (Å²) >= 11 is 0. The van der Waals surface area contributed by atoms with Gasteiger partial charge in [0, 0.05) is 13.1 Å². The summed E-state index contributed by atoms with van der Waals surface area (Å²) in [4.78, 5) is 14.3. The topological polar surface area (TPSA) is 46.3 Å². The predicted molar refractivity (Wildman–Crippen MR) is 72.9 cm³/mol. The number of benzene rings is 1. The maximum absolute atomic E-state index is 12.4. The third-order valence-electron chi connectivity index (χ3n) is 4.10. The summed E-state index contributed by atoms with van der Waals surface area (Å²) in [5, 5.41) is 0. The molecule has 0 spiro atoms. The van der Waals surface area contributed by atoms with Gasteiger partial charge in [-0.05, 0) is 25.3 Å². The summed E-state index contributed by atoms with van der Waals surface area (Å²) in [5.74, 6) is 0.206. The van der Waals surface area contributed by atoms with Crippen molar-refractivity contribution >= 4 is 5.91 Å². The average Bonchev–Trinajstić information content (AvgIpc) is 2.83. The SMILES string of the molecule is CC(c1ccccc1)N(C)C(=O)C1CCCC1N. The highest BCUT2D eigenvalue weighted by atomic mass is 16.2. The predicted octanol–water partition coefficient (Wildman–Crippen LogP) is 2.33. The molecule has 3 atom stereocenters. The first kappa shape index (κ1) is 13.1. The van der Waals surface area contributed by atoms with Crippen LogP contribution in [-0.2, 0) is 4.79 Å². The van der Waals surface area contributed by atoms with Gasteiger partial charge in [0.1, 0.15) is 0 Å². The maximum Gasteiger partial charge on any atom is 0.227 e. The molecule has 18 heavy (non-hydrogen) atoms. The maximum atomic E-state index is 12.4. The fraction of sp³-hybridized carbons (Fsp3) is 0.533. The summed E-state index contributed by atoms with van der Waals surface area (Å²) < 4.78 is 0. The lowest BCUT2D eigenvalue weighted by molar-refractivity contribution is -0.136. The van der Waals surface area contributed by atoms with E-state index in [0.29, 0.717) is 0 Å². The van der Waals surface area contributed by atoms with E-state index in [1.54, 1.807) is 0 Å². The van der Waals surface area contributed by atoms with Crippen molar-refractivity contribution in [2.24, 2.45) is 11.7 Å². The van der Waals surface area contributed by atoms with Gasteiger partial charge in [0.05, 0.1) is 12.0 Å². The quantitative estimate of drug-likeness (QED) is 0.889. The fourth-order valence-corrected chi connectivity index (χ4v) is 2.70. The van der Waals surface area contributed by atoms with Crippen LogP contribution in [0.25, 0.3) is 0 Å². The van der Waals surface area contributed by atoms with Crippen molar-refractivity contribution in [3.05, 3.63) is 35.9 Å².